The molecule has 0 fully saturated rings. The first kappa shape index (κ1) is 65.7. The second-order valence-electron chi connectivity index (χ2n) is 19.9. The van der Waals surface area contributed by atoms with Crippen molar-refractivity contribution in [2.45, 2.75) is 244 Å². The maximum absolute atomic E-state index is 13.0. The van der Waals surface area contributed by atoms with Crippen LogP contribution in [0.25, 0.3) is 0 Å². The molecule has 68 heavy (non-hydrogen) atoms. The number of quaternary nitrogens is 1. The number of likely N-dealkylation sites (N-methyl/N-ethyl adjacent to an activating group) is 1. The van der Waals surface area contributed by atoms with Crippen LogP contribution in [0.5, 0.6) is 0 Å². The van der Waals surface area contributed by atoms with Gasteiger partial charge in [-0.1, -0.05) is 227 Å². The Kier molecular flexibility index (Phi) is 48.0. The molecule has 0 aromatic carbocycles. The molecule has 8 nitrogen and oxygen atoms in total. The van der Waals surface area contributed by atoms with E-state index in [1.165, 1.54) is 135 Å². The molecule has 0 aliphatic carbocycles. The van der Waals surface area contributed by atoms with E-state index < -0.39 is 26.6 Å². The smallest absolute Gasteiger partial charge is 0.268 e. The van der Waals surface area contributed by atoms with Crippen LogP contribution in [-0.4, -0.2) is 68.5 Å². The summed E-state index contributed by atoms with van der Waals surface area (Å²) in [5.74, 6) is -0.218. The van der Waals surface area contributed by atoms with Gasteiger partial charge in [0.05, 0.1) is 39.9 Å². The summed E-state index contributed by atoms with van der Waals surface area (Å²) in [6.07, 6.45) is 69.4. The molecule has 2 N–H and O–H groups in total. The Morgan fingerprint density at radius 2 is 0.912 bits per heavy atom. The zero-order valence-electron chi connectivity index (χ0n) is 44.8. The van der Waals surface area contributed by atoms with E-state index >= 15 is 0 Å². The van der Waals surface area contributed by atoms with Crippen molar-refractivity contribution in [2.75, 3.05) is 40.9 Å². The molecule has 0 aromatic heterocycles. The van der Waals surface area contributed by atoms with Gasteiger partial charge in [-0.15, -0.1) is 0 Å². The third-order valence-electron chi connectivity index (χ3n) is 12.1. The number of hydrogen-bond acceptors (Lipinski definition) is 6. The number of nitrogens with one attached hydrogen (secondary N) is 1. The van der Waals surface area contributed by atoms with E-state index in [1.54, 1.807) is 6.08 Å². The lowest BCUT2D eigenvalue weighted by Gasteiger charge is -2.29. The molecule has 0 aromatic rings. The van der Waals surface area contributed by atoms with Crippen molar-refractivity contribution in [1.82, 2.24) is 5.32 Å². The number of unbranched alkanes of at least 4 members (excludes halogenated alkanes) is 25. The Morgan fingerprint density at radius 3 is 1.37 bits per heavy atom. The van der Waals surface area contributed by atoms with Crippen LogP contribution in [0.1, 0.15) is 232 Å². The van der Waals surface area contributed by atoms with Crippen LogP contribution in [0.2, 0.25) is 0 Å². The summed E-state index contributed by atoms with van der Waals surface area (Å²) in [4.78, 5) is 25.5. The van der Waals surface area contributed by atoms with Gasteiger partial charge in [-0.2, -0.15) is 0 Å². The minimum absolute atomic E-state index is 0.0136. The lowest BCUT2D eigenvalue weighted by Crippen LogP contribution is -2.45. The molecule has 1 amide bonds. The Morgan fingerprint density at radius 1 is 0.529 bits per heavy atom. The fourth-order valence-corrected chi connectivity index (χ4v) is 8.43. The lowest BCUT2D eigenvalue weighted by atomic mass is 10.0. The average molecular weight is 971 g/mol. The third kappa shape index (κ3) is 51.5. The number of phosphoric acid groups is 1. The summed E-state index contributed by atoms with van der Waals surface area (Å²) in [6.45, 7) is 4.51. The largest absolute Gasteiger partial charge is 0.756 e. The van der Waals surface area contributed by atoms with Crippen LogP contribution in [0.4, 0.5) is 0 Å². The Labute approximate surface area is 420 Å². The predicted molar refractivity (Wildman–Crippen MR) is 293 cm³/mol. The van der Waals surface area contributed by atoms with Crippen LogP contribution in [0.3, 0.4) is 0 Å². The number of rotatable bonds is 50. The van der Waals surface area contributed by atoms with Crippen molar-refractivity contribution in [1.29, 1.82) is 0 Å². The van der Waals surface area contributed by atoms with Gasteiger partial charge in [-0.25, -0.2) is 0 Å². The van der Waals surface area contributed by atoms with Crippen molar-refractivity contribution in [3.8, 4) is 0 Å². The van der Waals surface area contributed by atoms with Crippen molar-refractivity contribution in [2.24, 2.45) is 0 Å². The van der Waals surface area contributed by atoms with E-state index in [-0.39, 0.29) is 12.5 Å². The summed E-state index contributed by atoms with van der Waals surface area (Å²) in [5, 5.41) is 13.9. The molecule has 0 saturated heterocycles. The van der Waals surface area contributed by atoms with E-state index in [9.17, 15) is 19.4 Å². The number of phosphoric ester groups is 1. The highest BCUT2D eigenvalue weighted by atomic mass is 31.2. The van der Waals surface area contributed by atoms with E-state index in [4.69, 9.17) is 9.05 Å². The summed E-state index contributed by atoms with van der Waals surface area (Å²) >= 11 is 0. The topological polar surface area (TPSA) is 108 Å². The summed E-state index contributed by atoms with van der Waals surface area (Å²) < 4.78 is 23.3. The minimum Gasteiger partial charge on any atom is -0.756 e. The molecule has 0 saturated carbocycles. The molecule has 0 radical (unpaired) electrons. The zero-order valence-corrected chi connectivity index (χ0v) is 45.7. The van der Waals surface area contributed by atoms with Gasteiger partial charge in [0.15, 0.2) is 0 Å². The molecule has 9 heteroatoms. The van der Waals surface area contributed by atoms with E-state index in [2.05, 4.69) is 92.1 Å². The quantitative estimate of drug-likeness (QED) is 0.0272. The maximum atomic E-state index is 13.0. The van der Waals surface area contributed by atoms with Crippen LogP contribution >= 0.6 is 7.82 Å². The van der Waals surface area contributed by atoms with Crippen molar-refractivity contribution < 1.29 is 32.9 Å². The number of nitrogens with zero attached hydrogens (tertiary/aromatic N) is 1. The number of amides is 1. The van der Waals surface area contributed by atoms with E-state index in [0.717, 1.165) is 77.0 Å². The highest BCUT2D eigenvalue weighted by molar-refractivity contribution is 7.45. The van der Waals surface area contributed by atoms with Crippen LogP contribution in [-0.2, 0) is 18.4 Å². The van der Waals surface area contributed by atoms with Crippen LogP contribution in [0.15, 0.2) is 85.1 Å². The lowest BCUT2D eigenvalue weighted by molar-refractivity contribution is -0.870. The summed E-state index contributed by atoms with van der Waals surface area (Å²) in [5.41, 5.74) is 0. The standard InChI is InChI=1S/C59H107N2O6P/c1-6-8-10-12-14-16-18-20-22-24-26-28-30-32-34-36-38-40-42-44-46-48-50-52-58(62)57(56-67-68(64,65)66-55-54-61(3,4)5)60-59(63)53-51-49-47-45-43-41-39-37-35-33-31-29-27-25-23-21-19-17-15-13-11-9-7-2/h9,11,15,17,21,23,27,29,34,36,42,44,50,52,57-58,62H,6-8,10,12-14,16,18-20,22,24-26,28,30-33,35,37-41,43,45-49,51,53-56H2,1-5H3,(H-,60,63,64,65)/b11-9-,17-15-,23-21-,29-27-,36-34+,44-42+,52-50+. The summed E-state index contributed by atoms with van der Waals surface area (Å²) in [6, 6.07) is -0.918. The number of allylic oxidation sites excluding steroid dienone is 13. The van der Waals surface area contributed by atoms with Crippen LogP contribution in [0, 0.1) is 0 Å². The van der Waals surface area contributed by atoms with Gasteiger partial charge >= 0.3 is 0 Å². The molecule has 0 spiro atoms. The van der Waals surface area contributed by atoms with Gasteiger partial charge in [-0.3, -0.25) is 9.36 Å². The maximum Gasteiger partial charge on any atom is 0.268 e. The highest BCUT2D eigenvalue weighted by Crippen LogP contribution is 2.38. The Bertz CT molecular complexity index is 1380. The fourth-order valence-electron chi connectivity index (χ4n) is 7.71. The molecule has 3 unspecified atom stereocenters. The van der Waals surface area contributed by atoms with Gasteiger partial charge in [0.1, 0.15) is 13.2 Å². The molecule has 0 rings (SSSR count). The second-order valence-corrected chi connectivity index (χ2v) is 21.3. The van der Waals surface area contributed by atoms with Crippen LogP contribution < -0.4 is 10.2 Å². The molecule has 0 aliphatic rings. The number of carbonyl (C=O) groups is 1. The molecule has 3 atom stereocenters. The highest BCUT2D eigenvalue weighted by Gasteiger charge is 2.23. The molecule has 0 bridgehead atoms. The monoisotopic (exact) mass is 971 g/mol. The van der Waals surface area contributed by atoms with Gasteiger partial charge in [0.2, 0.25) is 5.91 Å². The van der Waals surface area contributed by atoms with Crippen molar-refractivity contribution in [3.63, 3.8) is 0 Å². The number of aliphatic hydroxyl groups excluding tert-OH is 1. The second kappa shape index (κ2) is 49.7. The predicted octanol–water partition coefficient (Wildman–Crippen LogP) is 16.2. The first-order valence-corrected chi connectivity index (χ1v) is 29.4. The van der Waals surface area contributed by atoms with Gasteiger partial charge in [0.25, 0.3) is 7.82 Å². The normalized spacial score (nSPS) is 14.6. The number of hydrogen-bond donors (Lipinski definition) is 2. The molecular formula is C59H107N2O6P. The number of carbonyl (C=O) groups excluding carboxylic acids is 1. The number of aliphatic hydroxyl groups is 1. The minimum atomic E-state index is -4.61. The molecular weight excluding hydrogens is 864 g/mol. The first-order chi connectivity index (χ1) is 33.0. The van der Waals surface area contributed by atoms with Crippen molar-refractivity contribution >= 4 is 13.7 Å². The van der Waals surface area contributed by atoms with E-state index in [1.807, 2.05) is 27.2 Å². The zero-order chi connectivity index (χ0) is 49.9. The van der Waals surface area contributed by atoms with Gasteiger partial charge < -0.3 is 28.8 Å². The summed E-state index contributed by atoms with van der Waals surface area (Å²) in [7, 11) is 1.22. The molecule has 394 valence electrons. The first-order valence-electron chi connectivity index (χ1n) is 27.9. The third-order valence-corrected chi connectivity index (χ3v) is 13.0. The Balaban J connectivity index is 4.34. The fraction of sp³-hybridized carbons (Fsp3) is 0.746. The van der Waals surface area contributed by atoms with Gasteiger partial charge in [-0.05, 0) is 83.5 Å². The molecule has 0 aliphatic heterocycles. The van der Waals surface area contributed by atoms with E-state index in [0.29, 0.717) is 17.4 Å². The SMILES string of the molecule is CC/C=C\C/C=C\C/C=C\C/C=C\CCCCCCCCCCCCC(=O)NC(COP(=O)([O-])OCC[N+](C)(C)C)C(O)/C=C/CC/C=C/CC/C=C/CCCCCCCCCCCCCCC. The molecule has 0 heterocycles. The van der Waals surface area contributed by atoms with Gasteiger partial charge in [0, 0.05) is 6.42 Å². The average Bonchev–Trinajstić information content (AvgIpc) is 3.30. The Hall–Kier alpha value is -2.32. The van der Waals surface area contributed by atoms with Crippen molar-refractivity contribution in [3.05, 3.63) is 85.1 Å².